The number of nitrogens with one attached hydrogen (secondary N) is 1. The Kier molecular flexibility index (Phi) is 5.04. The first-order valence-electron chi connectivity index (χ1n) is 5.34. The molecule has 1 heterocycles. The number of aromatic nitrogens is 1. The van der Waals surface area contributed by atoms with Crippen LogP contribution in [0, 0.1) is 5.95 Å². The molecule has 0 radical (unpaired) electrons. The predicted octanol–water partition coefficient (Wildman–Crippen LogP) is 1.97. The normalized spacial score (nSPS) is 10.7. The van der Waals surface area contributed by atoms with Gasteiger partial charge in [0.1, 0.15) is 0 Å². The molecule has 0 unspecified atom stereocenters. The molecule has 0 atom stereocenters. The van der Waals surface area contributed by atoms with E-state index in [4.69, 9.17) is 0 Å². The van der Waals surface area contributed by atoms with Crippen molar-refractivity contribution in [1.82, 2.24) is 9.88 Å². The van der Waals surface area contributed by atoms with Gasteiger partial charge in [0.25, 0.3) is 0 Å². The second-order valence-electron chi connectivity index (χ2n) is 3.32. The van der Waals surface area contributed by atoms with Crippen LogP contribution in [0.15, 0.2) is 18.3 Å². The van der Waals surface area contributed by atoms with Crippen LogP contribution in [0.2, 0.25) is 0 Å². The van der Waals surface area contributed by atoms with Crippen molar-refractivity contribution in [2.45, 2.75) is 13.8 Å². The highest BCUT2D eigenvalue weighted by molar-refractivity contribution is 5.40. The minimum absolute atomic E-state index is 0.442. The SMILES string of the molecule is CCN(CC)CCNc1ccnc(F)c1. The van der Waals surface area contributed by atoms with Crippen molar-refractivity contribution >= 4 is 5.69 Å². The molecular weight excluding hydrogens is 193 g/mol. The molecule has 84 valence electrons. The average molecular weight is 211 g/mol. The van der Waals surface area contributed by atoms with E-state index in [9.17, 15) is 4.39 Å². The molecule has 0 aliphatic rings. The van der Waals surface area contributed by atoms with E-state index in [1.165, 1.54) is 12.3 Å². The first kappa shape index (κ1) is 11.9. The van der Waals surface area contributed by atoms with Crippen molar-refractivity contribution in [3.8, 4) is 0 Å². The molecule has 0 saturated heterocycles. The van der Waals surface area contributed by atoms with Gasteiger partial charge in [-0.05, 0) is 19.2 Å². The van der Waals surface area contributed by atoms with Crippen LogP contribution >= 0.6 is 0 Å². The van der Waals surface area contributed by atoms with Crippen molar-refractivity contribution in [3.63, 3.8) is 0 Å². The van der Waals surface area contributed by atoms with Gasteiger partial charge < -0.3 is 10.2 Å². The van der Waals surface area contributed by atoms with Crippen molar-refractivity contribution in [2.75, 3.05) is 31.5 Å². The van der Waals surface area contributed by atoms with Crippen LogP contribution in [0.5, 0.6) is 0 Å². The van der Waals surface area contributed by atoms with E-state index in [2.05, 4.69) is 29.0 Å². The molecule has 0 saturated carbocycles. The van der Waals surface area contributed by atoms with E-state index in [1.807, 2.05) is 0 Å². The summed E-state index contributed by atoms with van der Waals surface area (Å²) in [4.78, 5) is 5.81. The molecule has 0 aliphatic heterocycles. The minimum atomic E-state index is -0.442. The maximum absolute atomic E-state index is 12.7. The number of likely N-dealkylation sites (N-methyl/N-ethyl adjacent to an activating group) is 1. The third kappa shape index (κ3) is 4.25. The van der Waals surface area contributed by atoms with Crippen LogP contribution in [-0.4, -0.2) is 36.1 Å². The minimum Gasteiger partial charge on any atom is -0.384 e. The van der Waals surface area contributed by atoms with Crippen LogP contribution < -0.4 is 5.32 Å². The fraction of sp³-hybridized carbons (Fsp3) is 0.545. The molecule has 1 rings (SSSR count). The Morgan fingerprint density at radius 1 is 1.40 bits per heavy atom. The molecule has 0 amide bonds. The summed E-state index contributed by atoms with van der Waals surface area (Å²) in [6, 6.07) is 3.17. The summed E-state index contributed by atoms with van der Waals surface area (Å²) in [5.74, 6) is -0.442. The van der Waals surface area contributed by atoms with Crippen LogP contribution in [0.25, 0.3) is 0 Å². The van der Waals surface area contributed by atoms with Crippen molar-refractivity contribution in [2.24, 2.45) is 0 Å². The summed E-state index contributed by atoms with van der Waals surface area (Å²) in [5.41, 5.74) is 0.787. The largest absolute Gasteiger partial charge is 0.384 e. The number of rotatable bonds is 6. The van der Waals surface area contributed by atoms with E-state index in [-0.39, 0.29) is 0 Å². The van der Waals surface area contributed by atoms with Gasteiger partial charge in [-0.2, -0.15) is 4.39 Å². The summed E-state index contributed by atoms with van der Waals surface area (Å²) < 4.78 is 12.7. The third-order valence-electron chi connectivity index (χ3n) is 2.38. The standard InChI is InChI=1S/C11H18FN3/c1-3-15(4-2)8-7-13-10-5-6-14-11(12)9-10/h5-6,9H,3-4,7-8H2,1-2H3,(H,13,14). The molecule has 1 N–H and O–H groups in total. The number of anilines is 1. The summed E-state index contributed by atoms with van der Waals surface area (Å²) in [7, 11) is 0. The summed E-state index contributed by atoms with van der Waals surface area (Å²) in [5, 5.41) is 3.16. The zero-order valence-corrected chi connectivity index (χ0v) is 9.33. The van der Waals surface area contributed by atoms with E-state index < -0.39 is 5.95 Å². The Morgan fingerprint density at radius 3 is 2.73 bits per heavy atom. The highest BCUT2D eigenvalue weighted by Gasteiger charge is 1.99. The number of hydrogen-bond donors (Lipinski definition) is 1. The molecule has 0 fully saturated rings. The molecule has 0 bridgehead atoms. The number of pyridine rings is 1. The first-order chi connectivity index (χ1) is 7.26. The lowest BCUT2D eigenvalue weighted by Gasteiger charge is -2.18. The number of hydrogen-bond acceptors (Lipinski definition) is 3. The molecule has 0 aromatic carbocycles. The molecule has 1 aromatic heterocycles. The van der Waals surface area contributed by atoms with E-state index >= 15 is 0 Å². The fourth-order valence-electron chi connectivity index (χ4n) is 1.41. The van der Waals surface area contributed by atoms with E-state index in [0.717, 1.165) is 31.9 Å². The molecule has 0 spiro atoms. The van der Waals surface area contributed by atoms with Gasteiger partial charge in [-0.1, -0.05) is 13.8 Å². The zero-order valence-electron chi connectivity index (χ0n) is 9.33. The summed E-state index contributed by atoms with van der Waals surface area (Å²) >= 11 is 0. The van der Waals surface area contributed by atoms with E-state index in [0.29, 0.717) is 0 Å². The van der Waals surface area contributed by atoms with Gasteiger partial charge in [-0.3, -0.25) is 0 Å². The second-order valence-corrected chi connectivity index (χ2v) is 3.32. The van der Waals surface area contributed by atoms with Crippen molar-refractivity contribution in [3.05, 3.63) is 24.3 Å². The Bertz CT molecular complexity index is 287. The van der Waals surface area contributed by atoms with Gasteiger partial charge in [0.15, 0.2) is 0 Å². The number of nitrogens with zero attached hydrogens (tertiary/aromatic N) is 2. The fourth-order valence-corrected chi connectivity index (χ4v) is 1.41. The zero-order chi connectivity index (χ0) is 11.1. The first-order valence-corrected chi connectivity index (χ1v) is 5.34. The Balaban J connectivity index is 2.31. The highest BCUT2D eigenvalue weighted by atomic mass is 19.1. The molecular formula is C11H18FN3. The lowest BCUT2D eigenvalue weighted by Crippen LogP contribution is -2.28. The highest BCUT2D eigenvalue weighted by Crippen LogP contribution is 2.05. The average Bonchev–Trinajstić information content (AvgIpc) is 2.25. The Morgan fingerprint density at radius 2 is 2.13 bits per heavy atom. The number of halogens is 1. The Hall–Kier alpha value is -1.16. The molecule has 1 aromatic rings. The lowest BCUT2D eigenvalue weighted by atomic mass is 10.4. The predicted molar refractivity (Wildman–Crippen MR) is 60.5 cm³/mol. The molecule has 15 heavy (non-hydrogen) atoms. The van der Waals surface area contributed by atoms with Crippen molar-refractivity contribution < 1.29 is 4.39 Å². The van der Waals surface area contributed by atoms with Crippen LogP contribution in [0.4, 0.5) is 10.1 Å². The van der Waals surface area contributed by atoms with Gasteiger partial charge in [-0.15, -0.1) is 0 Å². The van der Waals surface area contributed by atoms with Crippen LogP contribution in [0.3, 0.4) is 0 Å². The summed E-state index contributed by atoms with van der Waals surface area (Å²) in [6.45, 7) is 8.15. The third-order valence-corrected chi connectivity index (χ3v) is 2.38. The quantitative estimate of drug-likeness (QED) is 0.729. The Labute approximate surface area is 90.3 Å². The van der Waals surface area contributed by atoms with Crippen LogP contribution in [-0.2, 0) is 0 Å². The van der Waals surface area contributed by atoms with Gasteiger partial charge in [0.05, 0.1) is 0 Å². The van der Waals surface area contributed by atoms with Gasteiger partial charge in [-0.25, -0.2) is 4.98 Å². The lowest BCUT2D eigenvalue weighted by molar-refractivity contribution is 0.316. The van der Waals surface area contributed by atoms with Gasteiger partial charge in [0, 0.05) is 31.0 Å². The molecule has 3 nitrogen and oxygen atoms in total. The molecule has 0 aliphatic carbocycles. The van der Waals surface area contributed by atoms with E-state index in [1.54, 1.807) is 6.07 Å². The van der Waals surface area contributed by atoms with Gasteiger partial charge >= 0.3 is 0 Å². The van der Waals surface area contributed by atoms with Crippen molar-refractivity contribution in [1.29, 1.82) is 0 Å². The second kappa shape index (κ2) is 6.35. The van der Waals surface area contributed by atoms with Crippen LogP contribution in [0.1, 0.15) is 13.8 Å². The monoisotopic (exact) mass is 211 g/mol. The maximum Gasteiger partial charge on any atom is 0.214 e. The maximum atomic E-state index is 12.7. The smallest absolute Gasteiger partial charge is 0.214 e. The topological polar surface area (TPSA) is 28.2 Å². The molecule has 4 heteroatoms. The summed E-state index contributed by atoms with van der Waals surface area (Å²) in [6.07, 6.45) is 1.47. The van der Waals surface area contributed by atoms with Gasteiger partial charge in [0.2, 0.25) is 5.95 Å².